The Labute approximate surface area is 195 Å². The highest BCUT2D eigenvalue weighted by molar-refractivity contribution is 8.13. The standard InChI is InChI=1S/C14H26NO3Si.C2F6NO4S2/c1-13(2)14-9-6-7-10-15(14)11-8-12-19(16-3,17-4)18-5;3-1(4,5)14(10,11)9-15(12,13)2(6,7)8/h6-7,9-10,13H,8,11-12H2,1-5H3;/q+1;-1. The van der Waals surface area contributed by atoms with Gasteiger partial charge in [-0.25, -0.2) is 21.4 Å². The van der Waals surface area contributed by atoms with Gasteiger partial charge in [0.05, 0.1) is 0 Å². The largest absolute Gasteiger partial charge is 0.500 e. The summed E-state index contributed by atoms with van der Waals surface area (Å²) < 4.78 is 128. The molecule has 1 rings (SSSR count). The van der Waals surface area contributed by atoms with E-state index < -0.39 is 39.9 Å². The highest BCUT2D eigenvalue weighted by Crippen LogP contribution is 2.36. The average Bonchev–Trinajstić information content (AvgIpc) is 2.70. The number of nitrogens with zero attached hydrogens (tertiary/aromatic N) is 2. The average molecular weight is 565 g/mol. The quantitative estimate of drug-likeness (QED) is 0.243. The summed E-state index contributed by atoms with van der Waals surface area (Å²) in [6, 6.07) is 7.16. The first-order chi connectivity index (χ1) is 15.3. The smallest absolute Gasteiger partial charge is 0.421 e. The molecule has 200 valence electrons. The van der Waals surface area contributed by atoms with E-state index in [1.54, 1.807) is 21.3 Å². The molecule has 0 aliphatic rings. The third-order valence-corrected chi connectivity index (χ3v) is 9.74. The van der Waals surface area contributed by atoms with Crippen molar-refractivity contribution in [2.45, 2.75) is 49.8 Å². The second-order valence-corrected chi connectivity index (χ2v) is 13.3. The third kappa shape index (κ3) is 9.38. The van der Waals surface area contributed by atoms with Crippen molar-refractivity contribution in [2.75, 3.05) is 21.3 Å². The molecule has 1 heterocycles. The minimum Gasteiger partial charge on any atom is -0.421 e. The van der Waals surface area contributed by atoms with E-state index in [2.05, 4.69) is 42.8 Å². The van der Waals surface area contributed by atoms with Crippen molar-refractivity contribution in [1.82, 2.24) is 0 Å². The van der Waals surface area contributed by atoms with Crippen LogP contribution in [0.25, 0.3) is 4.13 Å². The molecule has 0 saturated heterocycles. The summed E-state index contributed by atoms with van der Waals surface area (Å²) in [5.41, 5.74) is -11.1. The first kappa shape index (κ1) is 32.7. The zero-order valence-corrected chi connectivity index (χ0v) is 21.5. The van der Waals surface area contributed by atoms with E-state index in [0.29, 0.717) is 5.92 Å². The molecule has 0 unspecified atom stereocenters. The van der Waals surface area contributed by atoms with Crippen LogP contribution in [0.15, 0.2) is 24.4 Å². The van der Waals surface area contributed by atoms with Gasteiger partial charge in [-0.05, 0) is 0 Å². The fraction of sp³-hybridized carbons (Fsp3) is 0.688. The minimum absolute atomic E-state index is 0.524. The molecule has 0 saturated carbocycles. The summed E-state index contributed by atoms with van der Waals surface area (Å²) in [6.07, 6.45) is 3.11. The summed E-state index contributed by atoms with van der Waals surface area (Å²) in [5.74, 6) is 0.524. The fourth-order valence-electron chi connectivity index (χ4n) is 2.45. The molecule has 18 heteroatoms. The molecule has 0 spiro atoms. The van der Waals surface area contributed by atoms with Gasteiger partial charge in [-0.1, -0.05) is 19.9 Å². The van der Waals surface area contributed by atoms with Crippen LogP contribution in [0.3, 0.4) is 0 Å². The van der Waals surface area contributed by atoms with Crippen LogP contribution in [-0.2, 0) is 39.9 Å². The molecule has 0 aliphatic heterocycles. The summed E-state index contributed by atoms with van der Waals surface area (Å²) in [4.78, 5) is 0. The highest BCUT2D eigenvalue weighted by atomic mass is 32.3. The van der Waals surface area contributed by atoms with Gasteiger partial charge in [0.15, 0.2) is 31.9 Å². The first-order valence-electron chi connectivity index (χ1n) is 9.29. The normalized spacial score (nSPS) is 13.5. The molecule has 0 N–H and O–H groups in total. The maximum Gasteiger partial charge on any atom is 0.500 e. The number of sulfonamides is 2. The van der Waals surface area contributed by atoms with Crippen LogP contribution >= 0.6 is 0 Å². The van der Waals surface area contributed by atoms with E-state index in [-0.39, 0.29) is 0 Å². The Morgan fingerprint density at radius 2 is 1.35 bits per heavy atom. The van der Waals surface area contributed by atoms with E-state index in [9.17, 15) is 43.2 Å². The number of rotatable bonds is 10. The molecule has 0 amide bonds. The van der Waals surface area contributed by atoms with Crippen molar-refractivity contribution in [3.63, 3.8) is 0 Å². The van der Waals surface area contributed by atoms with Crippen molar-refractivity contribution in [3.8, 4) is 0 Å². The Hall–Kier alpha value is -1.31. The van der Waals surface area contributed by atoms with E-state index in [4.69, 9.17) is 13.3 Å². The molecule has 0 bridgehead atoms. The number of hydrogen-bond donors (Lipinski definition) is 0. The Kier molecular flexibility index (Phi) is 12.1. The molecule has 34 heavy (non-hydrogen) atoms. The fourth-order valence-corrected chi connectivity index (χ4v) is 5.87. The Balaban J connectivity index is 0.000000661. The van der Waals surface area contributed by atoms with Crippen molar-refractivity contribution in [2.24, 2.45) is 0 Å². The number of aromatic nitrogens is 1. The second kappa shape index (κ2) is 12.6. The van der Waals surface area contributed by atoms with Crippen molar-refractivity contribution in [1.29, 1.82) is 0 Å². The van der Waals surface area contributed by atoms with Gasteiger partial charge in [-0.2, -0.15) is 26.3 Å². The van der Waals surface area contributed by atoms with Crippen molar-refractivity contribution >= 4 is 28.9 Å². The number of halogens is 6. The van der Waals surface area contributed by atoms with Crippen LogP contribution < -0.4 is 4.57 Å². The van der Waals surface area contributed by atoms with E-state index >= 15 is 0 Å². The third-order valence-electron chi connectivity index (χ3n) is 4.16. The summed E-state index contributed by atoms with van der Waals surface area (Å²) in [7, 11) is -10.9. The highest BCUT2D eigenvalue weighted by Gasteiger charge is 2.47. The number of pyridine rings is 1. The maximum atomic E-state index is 11.4. The lowest BCUT2D eigenvalue weighted by Gasteiger charge is -2.23. The molecular weight excluding hydrogens is 538 g/mol. The van der Waals surface area contributed by atoms with Crippen LogP contribution in [0, 0.1) is 0 Å². The van der Waals surface area contributed by atoms with Gasteiger partial charge >= 0.3 is 19.8 Å². The van der Waals surface area contributed by atoms with Crippen LogP contribution in [0.4, 0.5) is 26.3 Å². The second-order valence-electron chi connectivity index (χ2n) is 6.79. The number of hydrogen-bond acceptors (Lipinski definition) is 7. The van der Waals surface area contributed by atoms with Crippen LogP contribution in [0.5, 0.6) is 0 Å². The predicted octanol–water partition coefficient (Wildman–Crippen LogP) is 3.43. The van der Waals surface area contributed by atoms with Crippen molar-refractivity contribution < 1.29 is 61.0 Å². The lowest BCUT2D eigenvalue weighted by molar-refractivity contribution is -0.705. The molecule has 0 aliphatic carbocycles. The lowest BCUT2D eigenvalue weighted by atomic mass is 10.1. The molecule has 0 radical (unpaired) electrons. The molecule has 0 atom stereocenters. The van der Waals surface area contributed by atoms with Gasteiger partial charge < -0.3 is 17.4 Å². The first-order valence-corrected chi connectivity index (χ1v) is 14.1. The van der Waals surface area contributed by atoms with E-state index in [1.165, 1.54) is 5.69 Å². The van der Waals surface area contributed by atoms with Crippen LogP contribution in [0.2, 0.25) is 6.04 Å². The molecular formula is C16H26F6N2O7S2Si. The molecule has 1 aromatic heterocycles. The monoisotopic (exact) mass is 564 g/mol. The number of aryl methyl sites for hydroxylation is 1. The zero-order valence-electron chi connectivity index (χ0n) is 18.8. The lowest BCUT2D eigenvalue weighted by Crippen LogP contribution is -2.45. The summed E-state index contributed by atoms with van der Waals surface area (Å²) in [5, 5.41) is 0. The molecule has 0 fully saturated rings. The molecule has 0 aromatic carbocycles. The van der Waals surface area contributed by atoms with Gasteiger partial charge in [-0.3, -0.25) is 0 Å². The minimum atomic E-state index is -6.72. The van der Waals surface area contributed by atoms with E-state index in [1.807, 2.05) is 0 Å². The van der Waals surface area contributed by atoms with Gasteiger partial charge in [0.1, 0.15) is 6.54 Å². The topological polar surface area (TPSA) is 114 Å². The van der Waals surface area contributed by atoms with Crippen LogP contribution in [-0.4, -0.2) is 58.0 Å². The molecule has 1 aromatic rings. The summed E-state index contributed by atoms with van der Waals surface area (Å²) in [6.45, 7) is 5.38. The van der Waals surface area contributed by atoms with Gasteiger partial charge in [-0.15, -0.1) is 0 Å². The Morgan fingerprint density at radius 1 is 0.912 bits per heavy atom. The zero-order chi connectivity index (χ0) is 27.0. The van der Waals surface area contributed by atoms with Crippen molar-refractivity contribution in [3.05, 3.63) is 34.2 Å². The Bertz CT molecular complexity index is 932. The predicted molar refractivity (Wildman–Crippen MR) is 110 cm³/mol. The van der Waals surface area contributed by atoms with Crippen LogP contribution in [0.1, 0.15) is 31.9 Å². The van der Waals surface area contributed by atoms with Gasteiger partial charge in [0.2, 0.25) is 0 Å². The van der Waals surface area contributed by atoms with Gasteiger partial charge in [0, 0.05) is 51.8 Å². The summed E-state index contributed by atoms with van der Waals surface area (Å²) >= 11 is 0. The van der Waals surface area contributed by atoms with Gasteiger partial charge in [0.25, 0.3) is 0 Å². The maximum absolute atomic E-state index is 11.4. The SMILES string of the molecule is CO[Si](CCC[n+]1ccccc1C(C)C)(OC)OC.O=S(=O)([N-]S(=O)(=O)C(F)(F)F)C(F)(F)F. The Morgan fingerprint density at radius 3 is 1.71 bits per heavy atom. The molecule has 9 nitrogen and oxygen atoms in total. The number of alkyl halides is 6. The van der Waals surface area contributed by atoms with E-state index in [0.717, 1.165) is 23.1 Å².